The van der Waals surface area contributed by atoms with Gasteiger partial charge in [0.2, 0.25) is 10.5 Å². The van der Waals surface area contributed by atoms with Crippen molar-refractivity contribution >= 4 is 37.0 Å². The van der Waals surface area contributed by atoms with Crippen molar-refractivity contribution in [1.29, 1.82) is 0 Å². The van der Waals surface area contributed by atoms with Crippen LogP contribution in [0.15, 0.2) is 30.3 Å². The average Bonchev–Trinajstić information content (AvgIpc) is 2.57. The van der Waals surface area contributed by atoms with Gasteiger partial charge in [0.1, 0.15) is 0 Å². The molecule has 8 heteroatoms. The van der Waals surface area contributed by atoms with Gasteiger partial charge in [0.15, 0.2) is 0 Å². The second kappa shape index (κ2) is 5.52. The van der Waals surface area contributed by atoms with Crippen LogP contribution in [0.2, 0.25) is 0 Å². The van der Waals surface area contributed by atoms with Crippen LogP contribution < -0.4 is 0 Å². The van der Waals surface area contributed by atoms with Gasteiger partial charge in [-0.15, -0.1) is 0 Å². The van der Waals surface area contributed by atoms with Crippen molar-refractivity contribution in [2.75, 3.05) is 0 Å². The first-order valence-electron chi connectivity index (χ1n) is 6.14. The van der Waals surface area contributed by atoms with E-state index < -0.39 is 31.1 Å². The summed E-state index contributed by atoms with van der Waals surface area (Å²) in [7, 11) is 1.21. The Hall–Kier alpha value is -1.82. The van der Waals surface area contributed by atoms with E-state index in [1.807, 2.05) is 0 Å². The molecule has 0 bridgehead atoms. The highest BCUT2D eigenvalue weighted by atomic mass is 35.7. The highest BCUT2D eigenvalue weighted by Crippen LogP contribution is 2.41. The van der Waals surface area contributed by atoms with Crippen molar-refractivity contribution in [2.45, 2.75) is 24.0 Å². The molecule has 0 heterocycles. The molecule has 0 aromatic heterocycles. The smallest absolute Gasteiger partial charge is 0.361 e. The standard InChI is InChI=1S/C13H11ClN2O4S/c14-21(19,20)13(9-5-2-1-3-6-9)8-4-7-10(17)11(18)12(13)16-15/h1-3,5-6H,4,7-8H2. The Morgan fingerprint density at radius 1 is 1.19 bits per heavy atom. The minimum Gasteiger partial charge on any atom is -0.361 e. The lowest BCUT2D eigenvalue weighted by atomic mass is 9.88. The minimum absolute atomic E-state index is 0.111. The van der Waals surface area contributed by atoms with Crippen molar-refractivity contribution in [1.82, 2.24) is 0 Å². The van der Waals surface area contributed by atoms with Crippen LogP contribution in [0.3, 0.4) is 0 Å². The molecule has 1 atom stereocenters. The molecule has 110 valence electrons. The maximum absolute atomic E-state index is 12.2. The number of ketones is 2. The second-order valence-corrected chi connectivity index (χ2v) is 7.48. The van der Waals surface area contributed by atoms with E-state index >= 15 is 0 Å². The van der Waals surface area contributed by atoms with E-state index in [-0.39, 0.29) is 24.8 Å². The van der Waals surface area contributed by atoms with Gasteiger partial charge in [0.05, 0.1) is 0 Å². The summed E-state index contributed by atoms with van der Waals surface area (Å²) in [5, 5.41) is 0. The third kappa shape index (κ3) is 2.44. The van der Waals surface area contributed by atoms with Crippen molar-refractivity contribution in [3.8, 4) is 0 Å². The number of carbonyl (C=O) groups is 2. The first-order chi connectivity index (χ1) is 9.84. The van der Waals surface area contributed by atoms with Gasteiger partial charge in [-0.3, -0.25) is 9.59 Å². The van der Waals surface area contributed by atoms with E-state index in [1.54, 1.807) is 18.2 Å². The minimum atomic E-state index is -4.37. The van der Waals surface area contributed by atoms with Gasteiger partial charge in [-0.25, -0.2) is 8.42 Å². The molecule has 2 rings (SSSR count). The van der Waals surface area contributed by atoms with Crippen LogP contribution in [-0.2, 0) is 23.4 Å². The topological polar surface area (TPSA) is 105 Å². The number of hydrogen-bond acceptors (Lipinski definition) is 4. The van der Waals surface area contributed by atoms with Crippen LogP contribution in [0.1, 0.15) is 24.8 Å². The van der Waals surface area contributed by atoms with Crippen molar-refractivity contribution < 1.29 is 22.8 Å². The number of Topliss-reactive ketones (excluding diaryl/α,β-unsaturated/α-hetero) is 2. The van der Waals surface area contributed by atoms with Crippen molar-refractivity contribution in [3.05, 3.63) is 41.4 Å². The van der Waals surface area contributed by atoms with Gasteiger partial charge in [0, 0.05) is 17.1 Å². The quantitative estimate of drug-likeness (QED) is 0.269. The molecule has 1 saturated carbocycles. The molecular weight excluding hydrogens is 316 g/mol. The third-order valence-electron chi connectivity index (χ3n) is 3.54. The number of halogens is 1. The number of rotatable bonds is 2. The molecule has 0 spiro atoms. The maximum Gasteiger partial charge on any atom is 0.369 e. The van der Waals surface area contributed by atoms with Gasteiger partial charge in [-0.2, -0.15) is 4.79 Å². The molecule has 1 aromatic rings. The summed E-state index contributed by atoms with van der Waals surface area (Å²) < 4.78 is 22.4. The van der Waals surface area contributed by atoms with E-state index in [0.717, 1.165) is 0 Å². The fourth-order valence-corrected chi connectivity index (χ4v) is 4.43. The fraction of sp³-hybridized carbons (Fsp3) is 0.308. The summed E-state index contributed by atoms with van der Waals surface area (Å²) in [5.41, 5.74) is 8.60. The zero-order chi connectivity index (χ0) is 15.7. The van der Waals surface area contributed by atoms with Crippen molar-refractivity contribution in [3.63, 3.8) is 0 Å². The van der Waals surface area contributed by atoms with Gasteiger partial charge in [-0.05, 0) is 18.4 Å². The number of nitrogens with zero attached hydrogens (tertiary/aromatic N) is 2. The van der Waals surface area contributed by atoms with Gasteiger partial charge in [-0.1, -0.05) is 30.3 Å². The summed E-state index contributed by atoms with van der Waals surface area (Å²) in [6, 6.07) is 7.75. The Morgan fingerprint density at radius 3 is 2.33 bits per heavy atom. The number of benzene rings is 1. The summed E-state index contributed by atoms with van der Waals surface area (Å²) in [5.74, 6) is -1.91. The highest BCUT2D eigenvalue weighted by Gasteiger charge is 2.59. The average molecular weight is 327 g/mol. The van der Waals surface area contributed by atoms with Crippen LogP contribution in [0.4, 0.5) is 0 Å². The van der Waals surface area contributed by atoms with E-state index in [9.17, 15) is 18.0 Å². The van der Waals surface area contributed by atoms with E-state index in [0.29, 0.717) is 0 Å². The summed E-state index contributed by atoms with van der Waals surface area (Å²) in [4.78, 5) is 26.5. The molecule has 1 aliphatic carbocycles. The lowest BCUT2D eigenvalue weighted by molar-refractivity contribution is -0.134. The Morgan fingerprint density at radius 2 is 1.81 bits per heavy atom. The monoisotopic (exact) mass is 326 g/mol. The van der Waals surface area contributed by atoms with Crippen LogP contribution >= 0.6 is 10.7 Å². The predicted molar refractivity (Wildman–Crippen MR) is 75.4 cm³/mol. The second-order valence-electron chi connectivity index (χ2n) is 4.69. The summed E-state index contributed by atoms with van der Waals surface area (Å²) >= 11 is 0. The van der Waals surface area contributed by atoms with Crippen LogP contribution in [-0.4, -0.2) is 30.5 Å². The van der Waals surface area contributed by atoms with E-state index in [4.69, 9.17) is 16.2 Å². The van der Waals surface area contributed by atoms with E-state index in [1.165, 1.54) is 12.1 Å². The molecule has 1 fully saturated rings. The summed E-state index contributed by atoms with van der Waals surface area (Å²) in [6.45, 7) is 0. The predicted octanol–water partition coefficient (Wildman–Crippen LogP) is 1.44. The summed E-state index contributed by atoms with van der Waals surface area (Å²) in [6.07, 6.45) is -0.0804. The molecule has 0 radical (unpaired) electrons. The van der Waals surface area contributed by atoms with Gasteiger partial charge < -0.3 is 5.53 Å². The van der Waals surface area contributed by atoms with Crippen LogP contribution in [0, 0.1) is 0 Å². The van der Waals surface area contributed by atoms with Gasteiger partial charge in [0.25, 0.3) is 9.05 Å². The SMILES string of the molecule is [N-]=[N+]=C1C(=O)C(=O)CCCC1(c1ccccc1)S(=O)(=O)Cl. The Balaban J connectivity index is 2.85. The van der Waals surface area contributed by atoms with Gasteiger partial charge >= 0.3 is 11.5 Å². The fourth-order valence-electron chi connectivity index (χ4n) is 2.54. The lowest BCUT2D eigenvalue weighted by Crippen LogP contribution is -2.46. The molecule has 6 nitrogen and oxygen atoms in total. The van der Waals surface area contributed by atoms with Crippen LogP contribution in [0.5, 0.6) is 0 Å². The molecular formula is C13H11ClN2O4S. The molecule has 0 amide bonds. The highest BCUT2D eigenvalue weighted by molar-refractivity contribution is 8.15. The molecule has 0 aliphatic heterocycles. The maximum atomic E-state index is 12.2. The first kappa shape index (κ1) is 15.6. The molecule has 1 aliphatic rings. The molecule has 1 unspecified atom stereocenters. The molecule has 1 aromatic carbocycles. The normalized spacial score (nSPS) is 23.6. The Bertz CT molecular complexity index is 754. The first-order valence-corrected chi connectivity index (χ1v) is 8.45. The third-order valence-corrected chi connectivity index (χ3v) is 5.80. The molecule has 21 heavy (non-hydrogen) atoms. The Labute approximate surface area is 125 Å². The largest absolute Gasteiger partial charge is 0.369 e. The molecule has 0 N–H and O–H groups in total. The molecule has 0 saturated heterocycles. The number of hydrogen-bond donors (Lipinski definition) is 0. The zero-order valence-corrected chi connectivity index (χ0v) is 12.4. The van der Waals surface area contributed by atoms with Crippen LogP contribution in [0.25, 0.3) is 5.53 Å². The van der Waals surface area contributed by atoms with Crippen molar-refractivity contribution in [2.24, 2.45) is 0 Å². The number of carbonyl (C=O) groups excluding carboxylic acids is 2. The Kier molecular flexibility index (Phi) is 4.09. The van der Waals surface area contributed by atoms with E-state index in [2.05, 4.69) is 4.79 Å². The zero-order valence-electron chi connectivity index (χ0n) is 10.8. The lowest BCUT2D eigenvalue weighted by Gasteiger charge is -2.24.